The van der Waals surface area contributed by atoms with Crippen molar-refractivity contribution in [3.63, 3.8) is 0 Å². The predicted octanol–water partition coefficient (Wildman–Crippen LogP) is 2.80. The molecule has 19 heavy (non-hydrogen) atoms. The standard InChI is InChI=1S/C16H30N2O/c1-3-11-18(12-15-5-4-10-17-15)16(19)14-8-6-13(2)7-9-14/h13-15,17H,3-12H2,1-2H3. The van der Waals surface area contributed by atoms with E-state index in [-0.39, 0.29) is 0 Å². The highest BCUT2D eigenvalue weighted by atomic mass is 16.2. The Kier molecular flexibility index (Phi) is 5.68. The lowest BCUT2D eigenvalue weighted by Crippen LogP contribution is -2.44. The van der Waals surface area contributed by atoms with Crippen molar-refractivity contribution in [2.45, 2.75) is 64.8 Å². The molecule has 2 rings (SSSR count). The first-order valence-corrected chi connectivity index (χ1v) is 8.23. The Balaban J connectivity index is 1.87. The van der Waals surface area contributed by atoms with Crippen LogP contribution in [0.4, 0.5) is 0 Å². The van der Waals surface area contributed by atoms with E-state index in [9.17, 15) is 4.79 Å². The first-order valence-electron chi connectivity index (χ1n) is 8.23. The van der Waals surface area contributed by atoms with Gasteiger partial charge in [0.2, 0.25) is 5.91 Å². The van der Waals surface area contributed by atoms with Crippen LogP contribution in [0.2, 0.25) is 0 Å². The zero-order valence-corrected chi connectivity index (χ0v) is 12.7. The highest BCUT2D eigenvalue weighted by Gasteiger charge is 2.29. The Bertz CT molecular complexity index is 278. The summed E-state index contributed by atoms with van der Waals surface area (Å²) in [5, 5.41) is 3.52. The van der Waals surface area contributed by atoms with Crippen molar-refractivity contribution < 1.29 is 4.79 Å². The lowest BCUT2D eigenvalue weighted by Gasteiger charge is -2.32. The summed E-state index contributed by atoms with van der Waals surface area (Å²) in [6.07, 6.45) is 8.25. The number of hydrogen-bond acceptors (Lipinski definition) is 2. The Morgan fingerprint density at radius 3 is 2.53 bits per heavy atom. The van der Waals surface area contributed by atoms with Crippen molar-refractivity contribution in [1.82, 2.24) is 10.2 Å². The van der Waals surface area contributed by atoms with Gasteiger partial charge in [-0.1, -0.05) is 13.8 Å². The summed E-state index contributed by atoms with van der Waals surface area (Å²) in [7, 11) is 0. The van der Waals surface area contributed by atoms with Gasteiger partial charge in [0.15, 0.2) is 0 Å². The van der Waals surface area contributed by atoms with Crippen LogP contribution in [0.15, 0.2) is 0 Å². The van der Waals surface area contributed by atoms with Crippen LogP contribution in [-0.4, -0.2) is 36.5 Å². The van der Waals surface area contributed by atoms with Gasteiger partial charge in [0.25, 0.3) is 0 Å². The monoisotopic (exact) mass is 266 g/mol. The molecule has 3 nitrogen and oxygen atoms in total. The Labute approximate surface area is 118 Å². The molecule has 1 unspecified atom stereocenters. The van der Waals surface area contributed by atoms with Crippen LogP contribution < -0.4 is 5.32 Å². The number of carbonyl (C=O) groups excluding carboxylic acids is 1. The molecule has 3 heteroatoms. The van der Waals surface area contributed by atoms with Crippen LogP contribution in [-0.2, 0) is 4.79 Å². The molecule has 0 spiro atoms. The molecule has 1 atom stereocenters. The molecule has 2 aliphatic rings. The number of hydrogen-bond donors (Lipinski definition) is 1. The maximum absolute atomic E-state index is 12.7. The molecule has 1 saturated heterocycles. The Morgan fingerprint density at radius 1 is 1.21 bits per heavy atom. The molecule has 110 valence electrons. The van der Waals surface area contributed by atoms with Crippen molar-refractivity contribution in [3.8, 4) is 0 Å². The van der Waals surface area contributed by atoms with Crippen molar-refractivity contribution in [3.05, 3.63) is 0 Å². The van der Waals surface area contributed by atoms with E-state index in [1.807, 2.05) is 0 Å². The quantitative estimate of drug-likeness (QED) is 0.830. The third kappa shape index (κ3) is 4.20. The summed E-state index contributed by atoms with van der Waals surface area (Å²) in [4.78, 5) is 14.8. The van der Waals surface area contributed by atoms with E-state index in [0.717, 1.165) is 44.8 Å². The molecule has 1 amide bonds. The molecule has 1 saturated carbocycles. The van der Waals surface area contributed by atoms with E-state index in [2.05, 4.69) is 24.1 Å². The zero-order chi connectivity index (χ0) is 13.7. The van der Waals surface area contributed by atoms with E-state index in [1.54, 1.807) is 0 Å². The SMILES string of the molecule is CCCN(CC1CCCN1)C(=O)C1CCC(C)CC1. The fourth-order valence-corrected chi connectivity index (χ4v) is 3.51. The molecule has 0 bridgehead atoms. The summed E-state index contributed by atoms with van der Waals surface area (Å²) in [6, 6.07) is 0.540. The average molecular weight is 266 g/mol. The summed E-state index contributed by atoms with van der Waals surface area (Å²) in [5.74, 6) is 1.56. The molecular formula is C16H30N2O. The second-order valence-electron chi connectivity index (χ2n) is 6.53. The molecule has 1 N–H and O–H groups in total. The molecule has 2 fully saturated rings. The van der Waals surface area contributed by atoms with Crippen molar-refractivity contribution in [2.75, 3.05) is 19.6 Å². The van der Waals surface area contributed by atoms with Crippen molar-refractivity contribution >= 4 is 5.91 Å². The van der Waals surface area contributed by atoms with Crippen molar-refractivity contribution in [2.24, 2.45) is 11.8 Å². The van der Waals surface area contributed by atoms with E-state index in [0.29, 0.717) is 17.9 Å². The highest BCUT2D eigenvalue weighted by Crippen LogP contribution is 2.29. The largest absolute Gasteiger partial charge is 0.341 e. The van der Waals surface area contributed by atoms with Gasteiger partial charge in [-0.15, -0.1) is 0 Å². The van der Waals surface area contributed by atoms with Gasteiger partial charge in [0, 0.05) is 25.0 Å². The van der Waals surface area contributed by atoms with Gasteiger partial charge in [-0.25, -0.2) is 0 Å². The van der Waals surface area contributed by atoms with Crippen molar-refractivity contribution in [1.29, 1.82) is 0 Å². The van der Waals surface area contributed by atoms with Gasteiger partial charge in [0.05, 0.1) is 0 Å². The summed E-state index contributed by atoms with van der Waals surface area (Å²) < 4.78 is 0. The van der Waals surface area contributed by atoms with Crippen LogP contribution >= 0.6 is 0 Å². The van der Waals surface area contributed by atoms with Gasteiger partial charge < -0.3 is 10.2 Å². The number of carbonyl (C=O) groups is 1. The highest BCUT2D eigenvalue weighted by molar-refractivity contribution is 5.79. The van der Waals surface area contributed by atoms with Crippen LogP contribution in [0, 0.1) is 11.8 Å². The number of amides is 1. The minimum Gasteiger partial charge on any atom is -0.341 e. The molecule has 0 radical (unpaired) electrons. The van der Waals surface area contributed by atoms with Gasteiger partial charge >= 0.3 is 0 Å². The fraction of sp³-hybridized carbons (Fsp3) is 0.938. The van der Waals surface area contributed by atoms with Crippen LogP contribution in [0.25, 0.3) is 0 Å². The third-order valence-corrected chi connectivity index (χ3v) is 4.77. The number of nitrogens with one attached hydrogen (secondary N) is 1. The minimum atomic E-state index is 0.309. The normalized spacial score (nSPS) is 31.4. The average Bonchev–Trinajstić information content (AvgIpc) is 2.91. The first kappa shape index (κ1) is 14.8. The number of rotatable bonds is 5. The minimum absolute atomic E-state index is 0.309. The fourth-order valence-electron chi connectivity index (χ4n) is 3.51. The van der Waals surface area contributed by atoms with Gasteiger partial charge in [0.1, 0.15) is 0 Å². The first-order chi connectivity index (χ1) is 9.20. The van der Waals surface area contributed by atoms with Crippen LogP contribution in [0.1, 0.15) is 58.8 Å². The smallest absolute Gasteiger partial charge is 0.225 e. The Hall–Kier alpha value is -0.570. The molecule has 1 aliphatic heterocycles. The second-order valence-corrected chi connectivity index (χ2v) is 6.53. The topological polar surface area (TPSA) is 32.3 Å². The van der Waals surface area contributed by atoms with E-state index in [4.69, 9.17) is 0 Å². The van der Waals surface area contributed by atoms with Gasteiger partial charge in [-0.05, 0) is 57.4 Å². The summed E-state index contributed by atoms with van der Waals surface area (Å²) in [6.45, 7) is 7.47. The van der Waals surface area contributed by atoms with E-state index >= 15 is 0 Å². The van der Waals surface area contributed by atoms with E-state index in [1.165, 1.54) is 25.7 Å². The maximum Gasteiger partial charge on any atom is 0.225 e. The summed E-state index contributed by atoms with van der Waals surface area (Å²) in [5.41, 5.74) is 0. The van der Waals surface area contributed by atoms with Gasteiger partial charge in [-0.2, -0.15) is 0 Å². The lowest BCUT2D eigenvalue weighted by atomic mass is 9.82. The van der Waals surface area contributed by atoms with Crippen LogP contribution in [0.5, 0.6) is 0 Å². The molecule has 1 heterocycles. The molecular weight excluding hydrogens is 236 g/mol. The molecule has 0 aromatic rings. The molecule has 1 aliphatic carbocycles. The predicted molar refractivity (Wildman–Crippen MR) is 79.0 cm³/mol. The third-order valence-electron chi connectivity index (χ3n) is 4.77. The second kappa shape index (κ2) is 7.28. The maximum atomic E-state index is 12.7. The Morgan fingerprint density at radius 2 is 1.95 bits per heavy atom. The molecule has 0 aromatic heterocycles. The van der Waals surface area contributed by atoms with Gasteiger partial charge in [-0.3, -0.25) is 4.79 Å². The number of nitrogens with zero attached hydrogens (tertiary/aromatic N) is 1. The zero-order valence-electron chi connectivity index (χ0n) is 12.7. The molecule has 0 aromatic carbocycles. The lowest BCUT2D eigenvalue weighted by molar-refractivity contribution is -0.137. The summed E-state index contributed by atoms with van der Waals surface area (Å²) >= 11 is 0. The van der Waals surface area contributed by atoms with Crippen LogP contribution in [0.3, 0.4) is 0 Å². The van der Waals surface area contributed by atoms with E-state index < -0.39 is 0 Å².